The molecule has 4 heteroatoms. The van der Waals surface area contributed by atoms with Crippen LogP contribution >= 0.6 is 0 Å². The van der Waals surface area contributed by atoms with E-state index in [-0.39, 0.29) is 17.6 Å². The number of benzene rings is 1. The lowest BCUT2D eigenvalue weighted by molar-refractivity contribution is 0.0728. The molecule has 0 radical (unpaired) electrons. The van der Waals surface area contributed by atoms with Gasteiger partial charge in [0.15, 0.2) is 0 Å². The molecule has 1 saturated heterocycles. The number of rotatable bonds is 4. The van der Waals surface area contributed by atoms with Gasteiger partial charge in [-0.25, -0.2) is 0 Å². The van der Waals surface area contributed by atoms with E-state index in [9.17, 15) is 4.79 Å². The van der Waals surface area contributed by atoms with Gasteiger partial charge < -0.3 is 15.4 Å². The molecule has 1 amide bonds. The number of anilines is 1. The predicted octanol–water partition coefficient (Wildman–Crippen LogP) is 2.72. The van der Waals surface area contributed by atoms with Gasteiger partial charge in [-0.2, -0.15) is 0 Å². The minimum Gasteiger partial charge on any atom is -0.385 e. The van der Waals surface area contributed by atoms with Crippen LogP contribution in [0.25, 0.3) is 0 Å². The van der Waals surface area contributed by atoms with E-state index in [1.807, 2.05) is 45.9 Å². The van der Waals surface area contributed by atoms with Crippen LogP contribution in [0.3, 0.4) is 0 Å². The summed E-state index contributed by atoms with van der Waals surface area (Å²) >= 11 is 0. The molecule has 0 bridgehead atoms. The third-order valence-electron chi connectivity index (χ3n) is 4.07. The third kappa shape index (κ3) is 2.96. The summed E-state index contributed by atoms with van der Waals surface area (Å²) in [5.41, 5.74) is 2.38. The lowest BCUT2D eigenvalue weighted by atomic mass is 9.94. The van der Waals surface area contributed by atoms with Crippen molar-refractivity contribution in [3.63, 3.8) is 0 Å². The topological polar surface area (TPSA) is 50.4 Å². The Kier molecular flexibility index (Phi) is 4.33. The Labute approximate surface area is 120 Å². The molecule has 0 aliphatic carbocycles. The summed E-state index contributed by atoms with van der Waals surface area (Å²) in [6, 6.07) is 5.90. The van der Waals surface area contributed by atoms with Gasteiger partial charge in [0.05, 0.1) is 17.2 Å². The summed E-state index contributed by atoms with van der Waals surface area (Å²) < 4.78 is 5.58. The van der Waals surface area contributed by atoms with Crippen LogP contribution in [-0.2, 0) is 4.74 Å². The van der Waals surface area contributed by atoms with Crippen molar-refractivity contribution in [3.05, 3.63) is 29.3 Å². The first-order valence-electron chi connectivity index (χ1n) is 7.25. The van der Waals surface area contributed by atoms with Crippen molar-refractivity contribution in [3.8, 4) is 0 Å². The van der Waals surface area contributed by atoms with Crippen LogP contribution in [-0.4, -0.2) is 30.7 Å². The summed E-state index contributed by atoms with van der Waals surface area (Å²) in [5.74, 6) is -0.0375. The molecule has 1 aromatic rings. The number of carbonyl (C=O) groups excluding carboxylic acids is 1. The molecule has 1 heterocycles. The molecule has 0 aromatic heterocycles. The second kappa shape index (κ2) is 5.83. The van der Waals surface area contributed by atoms with E-state index in [1.54, 1.807) is 0 Å². The zero-order chi connectivity index (χ0) is 14.8. The molecule has 1 aliphatic heterocycles. The van der Waals surface area contributed by atoms with Crippen LogP contribution < -0.4 is 10.6 Å². The number of ether oxygens (including phenoxy) is 1. The van der Waals surface area contributed by atoms with Gasteiger partial charge in [0.1, 0.15) is 0 Å². The molecule has 4 nitrogen and oxygen atoms in total. The predicted molar refractivity (Wildman–Crippen MR) is 81.2 cm³/mol. The number of carbonyl (C=O) groups is 1. The van der Waals surface area contributed by atoms with Crippen LogP contribution in [0.5, 0.6) is 0 Å². The molecule has 2 atom stereocenters. The largest absolute Gasteiger partial charge is 0.385 e. The molecule has 1 fully saturated rings. The fourth-order valence-corrected chi connectivity index (χ4v) is 2.52. The Morgan fingerprint density at radius 2 is 2.25 bits per heavy atom. The van der Waals surface area contributed by atoms with E-state index in [1.165, 1.54) is 0 Å². The summed E-state index contributed by atoms with van der Waals surface area (Å²) in [5, 5.41) is 6.38. The van der Waals surface area contributed by atoms with Gasteiger partial charge in [-0.1, -0.05) is 11.6 Å². The molecule has 2 rings (SSSR count). The van der Waals surface area contributed by atoms with Crippen LogP contribution in [0.15, 0.2) is 18.2 Å². The Hall–Kier alpha value is -1.55. The molecule has 110 valence electrons. The van der Waals surface area contributed by atoms with Gasteiger partial charge >= 0.3 is 0 Å². The monoisotopic (exact) mass is 276 g/mol. The first-order chi connectivity index (χ1) is 9.46. The van der Waals surface area contributed by atoms with Crippen molar-refractivity contribution in [1.29, 1.82) is 0 Å². The normalized spacial score (nSPS) is 25.5. The Balaban J connectivity index is 2.22. The smallest absolute Gasteiger partial charge is 0.253 e. The van der Waals surface area contributed by atoms with Gasteiger partial charge in [-0.3, -0.25) is 4.79 Å². The lowest BCUT2D eigenvalue weighted by Crippen LogP contribution is -2.50. The number of hydrogen-bond donors (Lipinski definition) is 2. The van der Waals surface area contributed by atoms with Crippen molar-refractivity contribution in [2.75, 3.05) is 18.5 Å². The van der Waals surface area contributed by atoms with Gasteiger partial charge in [-0.15, -0.1) is 0 Å². The molecule has 0 spiro atoms. The molecular weight excluding hydrogens is 252 g/mol. The summed E-state index contributed by atoms with van der Waals surface area (Å²) in [4.78, 5) is 12.6. The standard InChI is InChI=1S/C16H24N2O2/c1-5-17-14-7-6-11(2)10-13(14)15(19)18-16(4)8-9-20-12(16)3/h6-7,10,12,17H,5,8-9H2,1-4H3,(H,18,19). The highest BCUT2D eigenvalue weighted by molar-refractivity contribution is 6.00. The van der Waals surface area contributed by atoms with Crippen molar-refractivity contribution in [1.82, 2.24) is 5.32 Å². The van der Waals surface area contributed by atoms with Gasteiger partial charge in [-0.05, 0) is 46.2 Å². The van der Waals surface area contributed by atoms with Crippen molar-refractivity contribution in [2.45, 2.75) is 45.8 Å². The maximum atomic E-state index is 12.6. The highest BCUT2D eigenvalue weighted by Gasteiger charge is 2.38. The minimum atomic E-state index is -0.287. The average Bonchev–Trinajstić information content (AvgIpc) is 2.71. The quantitative estimate of drug-likeness (QED) is 0.889. The molecule has 2 N–H and O–H groups in total. The van der Waals surface area contributed by atoms with Crippen molar-refractivity contribution in [2.24, 2.45) is 0 Å². The maximum absolute atomic E-state index is 12.6. The SMILES string of the molecule is CCNc1ccc(C)cc1C(=O)NC1(C)CCOC1C. The summed E-state index contributed by atoms with van der Waals surface area (Å²) in [6.07, 6.45) is 0.890. The number of nitrogens with one attached hydrogen (secondary N) is 2. The molecule has 1 aromatic carbocycles. The maximum Gasteiger partial charge on any atom is 0.253 e. The van der Waals surface area contributed by atoms with E-state index in [0.717, 1.165) is 24.2 Å². The zero-order valence-corrected chi connectivity index (χ0v) is 12.7. The Morgan fingerprint density at radius 1 is 1.50 bits per heavy atom. The van der Waals surface area contributed by atoms with Crippen LogP contribution in [0, 0.1) is 6.92 Å². The van der Waals surface area contributed by atoms with E-state index in [2.05, 4.69) is 10.6 Å². The Bertz CT molecular complexity index is 501. The number of aryl methyl sites for hydroxylation is 1. The number of amides is 1. The summed E-state index contributed by atoms with van der Waals surface area (Å²) in [7, 11) is 0. The molecule has 1 aliphatic rings. The second-order valence-electron chi connectivity index (χ2n) is 5.71. The lowest BCUT2D eigenvalue weighted by Gasteiger charge is -2.29. The molecule has 0 saturated carbocycles. The first-order valence-corrected chi connectivity index (χ1v) is 7.25. The van der Waals surface area contributed by atoms with E-state index >= 15 is 0 Å². The fraction of sp³-hybridized carbons (Fsp3) is 0.562. The van der Waals surface area contributed by atoms with Gasteiger partial charge in [0.25, 0.3) is 5.91 Å². The fourth-order valence-electron chi connectivity index (χ4n) is 2.52. The van der Waals surface area contributed by atoms with Crippen LogP contribution in [0.2, 0.25) is 0 Å². The van der Waals surface area contributed by atoms with Gasteiger partial charge in [0.2, 0.25) is 0 Å². The highest BCUT2D eigenvalue weighted by Crippen LogP contribution is 2.26. The van der Waals surface area contributed by atoms with E-state index in [4.69, 9.17) is 4.74 Å². The van der Waals surface area contributed by atoms with E-state index in [0.29, 0.717) is 12.2 Å². The highest BCUT2D eigenvalue weighted by atomic mass is 16.5. The minimum absolute atomic E-state index is 0.0375. The zero-order valence-electron chi connectivity index (χ0n) is 12.7. The van der Waals surface area contributed by atoms with Crippen molar-refractivity contribution < 1.29 is 9.53 Å². The van der Waals surface area contributed by atoms with Gasteiger partial charge in [0, 0.05) is 18.8 Å². The third-order valence-corrected chi connectivity index (χ3v) is 4.07. The van der Waals surface area contributed by atoms with Crippen LogP contribution in [0.4, 0.5) is 5.69 Å². The average molecular weight is 276 g/mol. The number of hydrogen-bond acceptors (Lipinski definition) is 3. The molecule has 20 heavy (non-hydrogen) atoms. The Morgan fingerprint density at radius 3 is 2.85 bits per heavy atom. The van der Waals surface area contributed by atoms with E-state index < -0.39 is 0 Å². The van der Waals surface area contributed by atoms with Crippen molar-refractivity contribution >= 4 is 11.6 Å². The first kappa shape index (κ1) is 14.9. The molecular formula is C16H24N2O2. The second-order valence-corrected chi connectivity index (χ2v) is 5.71. The van der Waals surface area contributed by atoms with Crippen LogP contribution in [0.1, 0.15) is 43.1 Å². The molecule has 2 unspecified atom stereocenters. The summed E-state index contributed by atoms with van der Waals surface area (Å²) in [6.45, 7) is 9.57.